The highest BCUT2D eigenvalue weighted by atomic mass is 16.2. The van der Waals surface area contributed by atoms with Gasteiger partial charge in [0.05, 0.1) is 0 Å². The minimum atomic E-state index is 0.246. The van der Waals surface area contributed by atoms with Crippen LogP contribution in [0.1, 0.15) is 26.2 Å². The molecule has 15 heavy (non-hydrogen) atoms. The summed E-state index contributed by atoms with van der Waals surface area (Å²) >= 11 is 0. The molecule has 0 saturated carbocycles. The van der Waals surface area contributed by atoms with Crippen LogP contribution < -0.4 is 5.32 Å². The molecular weight excluding hydrogens is 188 g/mol. The Balaban J connectivity index is 1.96. The molecule has 1 amide bonds. The first-order valence-corrected chi connectivity index (χ1v) is 5.95. The standard InChI is InChI=1S/C12H20N2O/c1-10-9-13-7-8-14(10)12(15)11-5-3-2-4-6-11/h2-3,10-11,13H,4-9H2,1H3/t10-,11?/m0/s1. The van der Waals surface area contributed by atoms with E-state index in [1.165, 1.54) is 0 Å². The molecule has 0 aromatic carbocycles. The lowest BCUT2D eigenvalue weighted by molar-refractivity contribution is -0.138. The molecule has 2 atom stereocenters. The van der Waals surface area contributed by atoms with Gasteiger partial charge in [-0.05, 0) is 26.2 Å². The van der Waals surface area contributed by atoms with Crippen molar-refractivity contribution < 1.29 is 4.79 Å². The Bertz CT molecular complexity index is 262. The van der Waals surface area contributed by atoms with Crippen molar-refractivity contribution in [3.8, 4) is 0 Å². The second-order valence-corrected chi connectivity index (χ2v) is 4.57. The molecule has 1 saturated heterocycles. The zero-order valence-electron chi connectivity index (χ0n) is 9.41. The van der Waals surface area contributed by atoms with E-state index in [0.717, 1.165) is 38.9 Å². The summed E-state index contributed by atoms with van der Waals surface area (Å²) in [5, 5.41) is 3.31. The Hall–Kier alpha value is -0.830. The van der Waals surface area contributed by atoms with Crippen LogP contribution >= 0.6 is 0 Å². The van der Waals surface area contributed by atoms with Gasteiger partial charge >= 0.3 is 0 Å². The number of hydrogen-bond acceptors (Lipinski definition) is 2. The number of carbonyl (C=O) groups is 1. The first kappa shape index (κ1) is 10.7. The predicted molar refractivity (Wildman–Crippen MR) is 60.5 cm³/mol. The van der Waals surface area contributed by atoms with Crippen LogP contribution in [-0.2, 0) is 4.79 Å². The van der Waals surface area contributed by atoms with E-state index >= 15 is 0 Å². The topological polar surface area (TPSA) is 32.3 Å². The molecule has 1 N–H and O–H groups in total. The van der Waals surface area contributed by atoms with Crippen LogP contribution in [0, 0.1) is 5.92 Å². The molecule has 0 radical (unpaired) electrons. The third-order valence-corrected chi connectivity index (χ3v) is 3.40. The van der Waals surface area contributed by atoms with Crippen LogP contribution in [0.2, 0.25) is 0 Å². The van der Waals surface area contributed by atoms with Gasteiger partial charge in [-0.15, -0.1) is 0 Å². The zero-order chi connectivity index (χ0) is 10.7. The molecule has 1 fully saturated rings. The summed E-state index contributed by atoms with van der Waals surface area (Å²) in [5.41, 5.74) is 0. The molecule has 0 bridgehead atoms. The number of piperazine rings is 1. The number of allylic oxidation sites excluding steroid dienone is 2. The quantitative estimate of drug-likeness (QED) is 0.656. The van der Waals surface area contributed by atoms with Gasteiger partial charge in [-0.25, -0.2) is 0 Å². The monoisotopic (exact) mass is 208 g/mol. The number of carbonyl (C=O) groups excluding carboxylic acids is 1. The van der Waals surface area contributed by atoms with Gasteiger partial charge < -0.3 is 10.2 Å². The van der Waals surface area contributed by atoms with Crippen LogP contribution in [-0.4, -0.2) is 36.5 Å². The minimum Gasteiger partial charge on any atom is -0.337 e. The van der Waals surface area contributed by atoms with Crippen molar-refractivity contribution in [1.82, 2.24) is 10.2 Å². The molecule has 2 aliphatic rings. The van der Waals surface area contributed by atoms with E-state index in [0.29, 0.717) is 11.9 Å². The first-order chi connectivity index (χ1) is 7.29. The predicted octanol–water partition coefficient (Wildman–Crippen LogP) is 1.16. The summed E-state index contributed by atoms with van der Waals surface area (Å²) in [5.74, 6) is 0.615. The molecule has 1 unspecified atom stereocenters. The SMILES string of the molecule is C[C@H]1CNCCN1C(=O)C1CC=CCC1. The van der Waals surface area contributed by atoms with Gasteiger partial charge in [0.1, 0.15) is 0 Å². The van der Waals surface area contributed by atoms with E-state index in [1.807, 2.05) is 0 Å². The van der Waals surface area contributed by atoms with Crippen LogP contribution in [0.15, 0.2) is 12.2 Å². The van der Waals surface area contributed by atoms with E-state index in [4.69, 9.17) is 0 Å². The summed E-state index contributed by atoms with van der Waals surface area (Å²) in [7, 11) is 0. The largest absolute Gasteiger partial charge is 0.337 e. The number of nitrogens with zero attached hydrogens (tertiary/aromatic N) is 1. The van der Waals surface area contributed by atoms with Crippen molar-refractivity contribution in [3.05, 3.63) is 12.2 Å². The maximum atomic E-state index is 12.2. The molecule has 0 spiro atoms. The Morgan fingerprint density at radius 1 is 1.47 bits per heavy atom. The highest BCUT2D eigenvalue weighted by molar-refractivity contribution is 5.79. The molecule has 0 aromatic rings. The van der Waals surface area contributed by atoms with Crippen molar-refractivity contribution in [2.45, 2.75) is 32.2 Å². The summed E-state index contributed by atoms with van der Waals surface area (Å²) in [6, 6.07) is 0.358. The molecule has 2 rings (SSSR count). The Labute approximate surface area is 91.5 Å². The molecule has 1 aliphatic carbocycles. The minimum absolute atomic E-state index is 0.246. The fourth-order valence-corrected chi connectivity index (χ4v) is 2.42. The molecule has 1 aliphatic heterocycles. The number of amides is 1. The number of nitrogens with one attached hydrogen (secondary N) is 1. The summed E-state index contributed by atoms with van der Waals surface area (Å²) in [6.07, 6.45) is 7.38. The van der Waals surface area contributed by atoms with Gasteiger partial charge in [-0.3, -0.25) is 4.79 Å². The summed E-state index contributed by atoms with van der Waals surface area (Å²) in [4.78, 5) is 14.3. The normalized spacial score (nSPS) is 31.7. The van der Waals surface area contributed by atoms with Gasteiger partial charge in [0.15, 0.2) is 0 Å². The van der Waals surface area contributed by atoms with E-state index in [2.05, 4.69) is 29.3 Å². The van der Waals surface area contributed by atoms with E-state index in [1.54, 1.807) is 0 Å². The second kappa shape index (κ2) is 4.79. The lowest BCUT2D eigenvalue weighted by Gasteiger charge is -2.36. The van der Waals surface area contributed by atoms with Crippen molar-refractivity contribution in [2.75, 3.05) is 19.6 Å². The third-order valence-electron chi connectivity index (χ3n) is 3.40. The lowest BCUT2D eigenvalue weighted by Crippen LogP contribution is -2.53. The second-order valence-electron chi connectivity index (χ2n) is 4.57. The highest BCUT2D eigenvalue weighted by Gasteiger charge is 2.28. The summed E-state index contributed by atoms with van der Waals surface area (Å²) < 4.78 is 0. The van der Waals surface area contributed by atoms with Crippen molar-refractivity contribution in [3.63, 3.8) is 0 Å². The third kappa shape index (κ3) is 2.40. The van der Waals surface area contributed by atoms with Crippen molar-refractivity contribution in [2.24, 2.45) is 5.92 Å². The van der Waals surface area contributed by atoms with Crippen LogP contribution in [0.4, 0.5) is 0 Å². The fourth-order valence-electron chi connectivity index (χ4n) is 2.42. The lowest BCUT2D eigenvalue weighted by atomic mass is 9.92. The molecule has 1 heterocycles. The van der Waals surface area contributed by atoms with Gasteiger partial charge in [-0.1, -0.05) is 12.2 Å². The van der Waals surface area contributed by atoms with E-state index in [-0.39, 0.29) is 5.92 Å². The Morgan fingerprint density at radius 3 is 3.00 bits per heavy atom. The van der Waals surface area contributed by atoms with Gasteiger partial charge in [-0.2, -0.15) is 0 Å². The van der Waals surface area contributed by atoms with E-state index in [9.17, 15) is 4.79 Å². The molecular formula is C12H20N2O. The van der Waals surface area contributed by atoms with Gasteiger partial charge in [0.25, 0.3) is 0 Å². The number of hydrogen-bond donors (Lipinski definition) is 1. The molecule has 0 aromatic heterocycles. The van der Waals surface area contributed by atoms with Crippen LogP contribution in [0.5, 0.6) is 0 Å². The van der Waals surface area contributed by atoms with Crippen LogP contribution in [0.25, 0.3) is 0 Å². The average molecular weight is 208 g/mol. The first-order valence-electron chi connectivity index (χ1n) is 5.95. The smallest absolute Gasteiger partial charge is 0.226 e. The van der Waals surface area contributed by atoms with Crippen molar-refractivity contribution >= 4 is 5.91 Å². The van der Waals surface area contributed by atoms with Crippen LogP contribution in [0.3, 0.4) is 0 Å². The zero-order valence-corrected chi connectivity index (χ0v) is 9.41. The number of rotatable bonds is 1. The molecule has 84 valence electrons. The maximum Gasteiger partial charge on any atom is 0.226 e. The highest BCUT2D eigenvalue weighted by Crippen LogP contribution is 2.21. The maximum absolute atomic E-state index is 12.2. The van der Waals surface area contributed by atoms with Gasteiger partial charge in [0, 0.05) is 31.6 Å². The molecule has 3 nitrogen and oxygen atoms in total. The molecule has 3 heteroatoms. The van der Waals surface area contributed by atoms with Gasteiger partial charge in [0.2, 0.25) is 5.91 Å². The summed E-state index contributed by atoms with van der Waals surface area (Å²) in [6.45, 7) is 4.88. The fraction of sp³-hybridized carbons (Fsp3) is 0.750. The van der Waals surface area contributed by atoms with E-state index < -0.39 is 0 Å². The average Bonchev–Trinajstić information content (AvgIpc) is 2.30. The Kier molecular flexibility index (Phi) is 3.41. The Morgan fingerprint density at radius 2 is 2.33 bits per heavy atom. The van der Waals surface area contributed by atoms with Crippen molar-refractivity contribution in [1.29, 1.82) is 0 Å².